The lowest BCUT2D eigenvalue weighted by molar-refractivity contribution is -0.124. The first kappa shape index (κ1) is 34.5. The standard InChI is InChI=1S/C40H54N6O4/c1-6-29-22-44(23-29)38(48)50-33-10-7-30(8-11-33)37(47)45(36-20-34(41-26-42-36)31-21-43-46(24-31)27(2)3)25-39-13-16-40(17-14-39,18-15-39)32-9-12-35(49-5)28(4)19-32/h9,12,19-21,24,26-27,29-30,33H,6-8,10-11,13-18,22-23,25H2,1-5H3. The van der Waals surface area contributed by atoms with Crippen LogP contribution in [0.3, 0.4) is 0 Å². The molecule has 10 heteroatoms. The number of nitrogens with zero attached hydrogens (tertiary/aromatic N) is 6. The lowest BCUT2D eigenvalue weighted by Gasteiger charge is -2.55. The third-order valence-electron chi connectivity index (χ3n) is 12.6. The lowest BCUT2D eigenvalue weighted by Crippen LogP contribution is -2.52. The van der Waals surface area contributed by atoms with Gasteiger partial charge >= 0.3 is 6.09 Å². The molecule has 1 aliphatic heterocycles. The molecular weight excluding hydrogens is 628 g/mol. The Bertz CT molecular complexity index is 1660. The Kier molecular flexibility index (Phi) is 9.65. The fourth-order valence-electron chi connectivity index (χ4n) is 9.00. The molecule has 268 valence electrons. The van der Waals surface area contributed by atoms with Gasteiger partial charge < -0.3 is 14.4 Å². The number of aryl methyl sites for hydroxylation is 1. The summed E-state index contributed by atoms with van der Waals surface area (Å²) in [7, 11) is 1.73. The predicted molar refractivity (Wildman–Crippen MR) is 193 cm³/mol. The van der Waals surface area contributed by atoms with Gasteiger partial charge in [-0.1, -0.05) is 19.1 Å². The van der Waals surface area contributed by atoms with Crippen molar-refractivity contribution in [2.75, 3.05) is 31.6 Å². The summed E-state index contributed by atoms with van der Waals surface area (Å²) >= 11 is 0. The zero-order valence-electron chi connectivity index (χ0n) is 30.6. The fraction of sp³-hybridized carbons (Fsp3) is 0.625. The molecule has 0 spiro atoms. The highest BCUT2D eigenvalue weighted by atomic mass is 16.6. The van der Waals surface area contributed by atoms with Gasteiger partial charge in [-0.25, -0.2) is 14.8 Å². The highest BCUT2D eigenvalue weighted by Gasteiger charge is 2.51. The quantitative estimate of drug-likeness (QED) is 0.214. The summed E-state index contributed by atoms with van der Waals surface area (Å²) in [6.45, 7) is 10.7. The summed E-state index contributed by atoms with van der Waals surface area (Å²) in [5.41, 5.74) is 4.54. The van der Waals surface area contributed by atoms with Crippen molar-refractivity contribution in [3.63, 3.8) is 0 Å². The number of likely N-dealkylation sites (tertiary alicyclic amines) is 1. The van der Waals surface area contributed by atoms with Gasteiger partial charge in [0.05, 0.1) is 19.0 Å². The number of carbonyl (C=O) groups is 2. The second-order valence-corrected chi connectivity index (χ2v) is 16.0. The van der Waals surface area contributed by atoms with Crippen molar-refractivity contribution in [2.24, 2.45) is 17.3 Å². The minimum atomic E-state index is -0.199. The number of anilines is 1. The van der Waals surface area contributed by atoms with Gasteiger partial charge in [0.15, 0.2) is 0 Å². The number of amides is 2. The Morgan fingerprint density at radius 2 is 1.72 bits per heavy atom. The number of carbonyl (C=O) groups excluding carboxylic acids is 2. The molecule has 1 saturated heterocycles. The maximum atomic E-state index is 14.6. The Hall–Kier alpha value is -3.95. The average molecular weight is 683 g/mol. The van der Waals surface area contributed by atoms with E-state index in [1.54, 1.807) is 13.4 Å². The van der Waals surface area contributed by atoms with Crippen LogP contribution in [-0.4, -0.2) is 69.5 Å². The van der Waals surface area contributed by atoms with Crippen molar-refractivity contribution in [2.45, 2.75) is 116 Å². The van der Waals surface area contributed by atoms with Crippen molar-refractivity contribution in [3.8, 4) is 17.0 Å². The highest BCUT2D eigenvalue weighted by Crippen LogP contribution is 2.58. The zero-order chi connectivity index (χ0) is 35.0. The van der Waals surface area contributed by atoms with Crippen molar-refractivity contribution < 1.29 is 19.1 Å². The van der Waals surface area contributed by atoms with Crippen molar-refractivity contribution in [1.82, 2.24) is 24.6 Å². The zero-order valence-corrected chi connectivity index (χ0v) is 30.6. The van der Waals surface area contributed by atoms with Crippen LogP contribution in [0.4, 0.5) is 10.6 Å². The highest BCUT2D eigenvalue weighted by molar-refractivity contribution is 5.94. The van der Waals surface area contributed by atoms with Gasteiger partial charge in [-0.05, 0) is 125 Å². The molecule has 4 aliphatic carbocycles. The molecule has 2 amide bonds. The molecule has 4 saturated carbocycles. The first-order valence-electron chi connectivity index (χ1n) is 18.9. The number of hydrogen-bond donors (Lipinski definition) is 0. The van der Waals surface area contributed by atoms with Crippen LogP contribution in [0.5, 0.6) is 5.75 Å². The first-order chi connectivity index (χ1) is 24.1. The van der Waals surface area contributed by atoms with E-state index in [0.29, 0.717) is 44.0 Å². The average Bonchev–Trinajstić information content (AvgIpc) is 3.62. The molecule has 5 fully saturated rings. The van der Waals surface area contributed by atoms with Gasteiger partial charge in [-0.15, -0.1) is 0 Å². The first-order valence-corrected chi connectivity index (χ1v) is 18.9. The van der Waals surface area contributed by atoms with Crippen molar-refractivity contribution >= 4 is 17.8 Å². The summed E-state index contributed by atoms with van der Waals surface area (Å²) in [5, 5.41) is 4.53. The second kappa shape index (κ2) is 14.0. The monoisotopic (exact) mass is 682 g/mol. The van der Waals surface area contributed by atoms with E-state index < -0.39 is 0 Å². The van der Waals surface area contributed by atoms with Gasteiger partial charge in [0.25, 0.3) is 0 Å². The molecule has 0 unspecified atom stereocenters. The van der Waals surface area contributed by atoms with Gasteiger partial charge in [0.2, 0.25) is 5.91 Å². The molecule has 1 aromatic carbocycles. The van der Waals surface area contributed by atoms with Gasteiger partial charge in [0.1, 0.15) is 24.0 Å². The molecule has 8 rings (SSSR count). The minimum Gasteiger partial charge on any atom is -0.496 e. The number of benzene rings is 1. The van der Waals surface area contributed by atoms with Gasteiger partial charge in [0, 0.05) is 49.4 Å². The van der Waals surface area contributed by atoms with Crippen molar-refractivity contribution in [3.05, 3.63) is 54.1 Å². The van der Waals surface area contributed by atoms with Crippen LogP contribution >= 0.6 is 0 Å². The Labute approximate surface area is 296 Å². The number of ether oxygens (including phenoxy) is 2. The summed E-state index contributed by atoms with van der Waals surface area (Å²) in [4.78, 5) is 40.5. The van der Waals surface area contributed by atoms with E-state index in [2.05, 4.69) is 56.0 Å². The Morgan fingerprint density at radius 1 is 1.00 bits per heavy atom. The van der Waals surface area contributed by atoms with Crippen LogP contribution in [0.2, 0.25) is 0 Å². The van der Waals surface area contributed by atoms with E-state index in [1.807, 2.05) is 32.9 Å². The van der Waals surface area contributed by atoms with Crippen LogP contribution in [0.1, 0.15) is 109 Å². The van der Waals surface area contributed by atoms with Crippen molar-refractivity contribution in [1.29, 1.82) is 0 Å². The second-order valence-electron chi connectivity index (χ2n) is 16.0. The molecular formula is C40H54N6O4. The summed E-state index contributed by atoms with van der Waals surface area (Å²) in [6, 6.07) is 8.92. The number of hydrogen-bond acceptors (Lipinski definition) is 7. The summed E-state index contributed by atoms with van der Waals surface area (Å²) < 4.78 is 13.4. The van der Waals surface area contributed by atoms with Gasteiger partial charge in [-0.3, -0.25) is 14.4 Å². The molecule has 0 radical (unpaired) electrons. The van der Waals surface area contributed by atoms with Crippen LogP contribution in [0, 0.1) is 24.2 Å². The molecule has 2 aromatic heterocycles. The molecule has 10 nitrogen and oxygen atoms in total. The molecule has 0 atom stereocenters. The Balaban J connectivity index is 1.08. The third kappa shape index (κ3) is 6.74. The number of fused-ring (bicyclic) bond motifs is 3. The molecule has 3 heterocycles. The topological polar surface area (TPSA) is 103 Å². The lowest BCUT2D eigenvalue weighted by atomic mass is 9.51. The summed E-state index contributed by atoms with van der Waals surface area (Å²) in [5.74, 6) is 2.19. The fourth-order valence-corrected chi connectivity index (χ4v) is 9.00. The predicted octanol–water partition coefficient (Wildman–Crippen LogP) is 7.90. The maximum absolute atomic E-state index is 14.6. The number of aromatic nitrogens is 4. The van der Waals surface area contributed by atoms with E-state index in [9.17, 15) is 9.59 Å². The summed E-state index contributed by atoms with van der Waals surface area (Å²) in [6.07, 6.45) is 15.6. The molecule has 0 N–H and O–H groups in total. The van der Waals surface area contributed by atoms with E-state index >= 15 is 0 Å². The van der Waals surface area contributed by atoms with Crippen LogP contribution < -0.4 is 9.64 Å². The minimum absolute atomic E-state index is 0.0485. The third-order valence-corrected chi connectivity index (χ3v) is 12.6. The molecule has 50 heavy (non-hydrogen) atoms. The molecule has 5 aliphatic rings. The largest absolute Gasteiger partial charge is 0.496 e. The van der Waals surface area contributed by atoms with E-state index in [0.717, 1.165) is 75.0 Å². The van der Waals surface area contributed by atoms with Crippen LogP contribution in [-0.2, 0) is 14.9 Å². The van der Waals surface area contributed by atoms with Gasteiger partial charge in [-0.2, -0.15) is 5.10 Å². The maximum Gasteiger partial charge on any atom is 0.410 e. The van der Waals surface area contributed by atoms with E-state index in [-0.39, 0.29) is 40.9 Å². The smallest absolute Gasteiger partial charge is 0.410 e. The van der Waals surface area contributed by atoms with E-state index in [1.165, 1.54) is 11.1 Å². The number of methoxy groups -OCH3 is 1. The van der Waals surface area contributed by atoms with Crippen LogP contribution in [0.25, 0.3) is 11.3 Å². The molecule has 3 aromatic rings. The number of rotatable bonds is 10. The normalized spacial score (nSPS) is 26.5. The van der Waals surface area contributed by atoms with E-state index in [4.69, 9.17) is 14.5 Å². The van der Waals surface area contributed by atoms with Crippen LogP contribution in [0.15, 0.2) is 43.0 Å². The molecule has 2 bridgehead atoms. The Morgan fingerprint density at radius 3 is 2.34 bits per heavy atom. The SMILES string of the molecule is CCC1CN(C(=O)OC2CCC(C(=O)N(CC34CCC(c5ccc(OC)c(C)c5)(CC3)CC4)c3cc(-c4cnn(C(C)C)c4)ncn3)CC2)C1.